The van der Waals surface area contributed by atoms with Gasteiger partial charge in [-0.1, -0.05) is 66.7 Å². The van der Waals surface area contributed by atoms with E-state index in [1.165, 1.54) is 13.2 Å². The van der Waals surface area contributed by atoms with Crippen LogP contribution in [0.2, 0.25) is 0 Å². The maximum absolute atomic E-state index is 14.0. The van der Waals surface area contributed by atoms with Gasteiger partial charge in [0.2, 0.25) is 5.91 Å². The Balaban J connectivity index is 1.85. The molecule has 3 nitrogen and oxygen atoms in total. The van der Waals surface area contributed by atoms with Crippen molar-refractivity contribution < 1.29 is 13.9 Å². The first kappa shape index (κ1) is 18.6. The number of hydrogen-bond acceptors (Lipinski definition) is 2. The van der Waals surface area contributed by atoms with E-state index in [2.05, 4.69) is 5.32 Å². The van der Waals surface area contributed by atoms with E-state index in [0.29, 0.717) is 5.56 Å². The summed E-state index contributed by atoms with van der Waals surface area (Å²) >= 11 is 0. The van der Waals surface area contributed by atoms with Crippen LogP contribution in [0.15, 0.2) is 78.9 Å². The van der Waals surface area contributed by atoms with Gasteiger partial charge >= 0.3 is 0 Å². The Morgan fingerprint density at radius 2 is 1.44 bits per heavy atom. The van der Waals surface area contributed by atoms with Crippen LogP contribution >= 0.6 is 0 Å². The second-order valence-electron chi connectivity index (χ2n) is 6.38. The maximum Gasteiger partial charge on any atom is 0.232 e. The van der Waals surface area contributed by atoms with Crippen molar-refractivity contribution in [1.82, 2.24) is 5.32 Å². The molecule has 3 rings (SSSR count). The molecule has 0 fully saturated rings. The molecular formula is C23H22FNO2. The summed E-state index contributed by atoms with van der Waals surface area (Å²) in [5, 5.41) is 3.01. The number of benzene rings is 3. The van der Waals surface area contributed by atoms with E-state index in [4.69, 9.17) is 4.74 Å². The number of hydrogen-bond donors (Lipinski definition) is 1. The van der Waals surface area contributed by atoms with Crippen molar-refractivity contribution in [2.75, 3.05) is 7.11 Å². The van der Waals surface area contributed by atoms with Crippen molar-refractivity contribution in [3.63, 3.8) is 0 Å². The molecule has 1 N–H and O–H groups in total. The van der Waals surface area contributed by atoms with Crippen LogP contribution in [0.4, 0.5) is 4.39 Å². The van der Waals surface area contributed by atoms with E-state index < -0.39 is 11.7 Å². The molecule has 0 aliphatic rings. The first-order valence-corrected chi connectivity index (χ1v) is 8.84. The van der Waals surface area contributed by atoms with Crippen LogP contribution in [0.3, 0.4) is 0 Å². The Bertz CT molecular complexity index is 857. The quantitative estimate of drug-likeness (QED) is 0.680. The minimum Gasteiger partial charge on any atom is -0.494 e. The van der Waals surface area contributed by atoms with E-state index >= 15 is 0 Å². The largest absolute Gasteiger partial charge is 0.494 e. The maximum atomic E-state index is 14.0. The van der Waals surface area contributed by atoms with E-state index in [9.17, 15) is 9.18 Å². The number of amides is 1. The van der Waals surface area contributed by atoms with Crippen LogP contribution in [-0.4, -0.2) is 13.0 Å². The fourth-order valence-corrected chi connectivity index (χ4v) is 3.12. The molecule has 0 aromatic heterocycles. The molecule has 3 aromatic carbocycles. The van der Waals surface area contributed by atoms with Crippen LogP contribution in [0.5, 0.6) is 5.75 Å². The molecule has 1 amide bonds. The molecule has 0 radical (unpaired) electrons. The predicted molar refractivity (Wildman–Crippen MR) is 104 cm³/mol. The summed E-state index contributed by atoms with van der Waals surface area (Å²) in [6, 6.07) is 23.7. The molecule has 0 heterocycles. The summed E-state index contributed by atoms with van der Waals surface area (Å²) in [5.74, 6) is -0.823. The molecule has 0 unspecified atom stereocenters. The van der Waals surface area contributed by atoms with Gasteiger partial charge < -0.3 is 10.1 Å². The number of carbonyl (C=O) groups is 1. The standard InChI is InChI=1S/C23H22FNO2/c1-16(19-13-14-21(27-2)20(24)15-19)25-23(26)22(17-9-5-3-6-10-17)18-11-7-4-8-12-18/h3-16,22H,1-2H3,(H,25,26)/t16-/m1/s1. The molecule has 0 aliphatic carbocycles. The molecule has 27 heavy (non-hydrogen) atoms. The second kappa shape index (κ2) is 8.49. The molecule has 1 atom stereocenters. The number of nitrogens with one attached hydrogen (secondary N) is 1. The molecule has 0 bridgehead atoms. The highest BCUT2D eigenvalue weighted by atomic mass is 19.1. The van der Waals surface area contributed by atoms with Crippen molar-refractivity contribution in [3.8, 4) is 5.75 Å². The fraction of sp³-hybridized carbons (Fsp3) is 0.174. The van der Waals surface area contributed by atoms with Crippen molar-refractivity contribution in [2.45, 2.75) is 18.9 Å². The lowest BCUT2D eigenvalue weighted by atomic mass is 9.90. The topological polar surface area (TPSA) is 38.3 Å². The van der Waals surface area contributed by atoms with Gasteiger partial charge in [-0.3, -0.25) is 4.79 Å². The Morgan fingerprint density at radius 3 is 1.93 bits per heavy atom. The van der Waals surface area contributed by atoms with Gasteiger partial charge in [-0.2, -0.15) is 0 Å². The molecule has 138 valence electrons. The average Bonchev–Trinajstić information content (AvgIpc) is 2.69. The summed E-state index contributed by atoms with van der Waals surface area (Å²) in [5.41, 5.74) is 2.50. The Kier molecular flexibility index (Phi) is 5.87. The van der Waals surface area contributed by atoms with Crippen molar-refractivity contribution in [3.05, 3.63) is 101 Å². The normalized spacial score (nSPS) is 11.9. The van der Waals surface area contributed by atoms with E-state index in [0.717, 1.165) is 11.1 Å². The van der Waals surface area contributed by atoms with Gasteiger partial charge in [0.15, 0.2) is 11.6 Å². The van der Waals surface area contributed by atoms with Gasteiger partial charge in [-0.25, -0.2) is 4.39 Å². The van der Waals surface area contributed by atoms with Crippen LogP contribution in [-0.2, 0) is 4.79 Å². The number of halogens is 1. The van der Waals surface area contributed by atoms with Gasteiger partial charge in [-0.05, 0) is 35.7 Å². The Labute approximate surface area is 158 Å². The highest BCUT2D eigenvalue weighted by Crippen LogP contribution is 2.27. The van der Waals surface area contributed by atoms with Crippen LogP contribution in [0.1, 0.15) is 35.6 Å². The summed E-state index contributed by atoms with van der Waals surface area (Å²) in [6.07, 6.45) is 0. The summed E-state index contributed by atoms with van der Waals surface area (Å²) in [4.78, 5) is 13.1. The number of methoxy groups -OCH3 is 1. The molecule has 0 saturated heterocycles. The van der Waals surface area contributed by atoms with Gasteiger partial charge in [0.25, 0.3) is 0 Å². The summed E-state index contributed by atoms with van der Waals surface area (Å²) < 4.78 is 19.0. The molecule has 4 heteroatoms. The van der Waals surface area contributed by atoms with Crippen molar-refractivity contribution in [1.29, 1.82) is 0 Å². The molecule has 0 saturated carbocycles. The van der Waals surface area contributed by atoms with Gasteiger partial charge in [0.05, 0.1) is 19.1 Å². The molecular weight excluding hydrogens is 341 g/mol. The predicted octanol–water partition coefficient (Wildman–Crippen LogP) is 4.84. The SMILES string of the molecule is COc1ccc([C@@H](C)NC(=O)C(c2ccccc2)c2ccccc2)cc1F. The third-order valence-corrected chi connectivity index (χ3v) is 4.56. The number of ether oxygens (including phenoxy) is 1. The van der Waals surface area contributed by atoms with Gasteiger partial charge in [0.1, 0.15) is 0 Å². The first-order chi connectivity index (χ1) is 13.1. The van der Waals surface area contributed by atoms with Crippen molar-refractivity contribution in [2.24, 2.45) is 0 Å². The van der Waals surface area contributed by atoms with E-state index in [1.54, 1.807) is 12.1 Å². The lowest BCUT2D eigenvalue weighted by molar-refractivity contribution is -0.122. The highest BCUT2D eigenvalue weighted by molar-refractivity contribution is 5.87. The zero-order valence-electron chi connectivity index (χ0n) is 15.4. The minimum atomic E-state index is -0.446. The lowest BCUT2D eigenvalue weighted by Gasteiger charge is -2.21. The third-order valence-electron chi connectivity index (χ3n) is 4.56. The highest BCUT2D eigenvalue weighted by Gasteiger charge is 2.24. The van der Waals surface area contributed by atoms with Crippen molar-refractivity contribution >= 4 is 5.91 Å². The Morgan fingerprint density at radius 1 is 0.889 bits per heavy atom. The minimum absolute atomic E-state index is 0.129. The number of rotatable bonds is 6. The monoisotopic (exact) mass is 363 g/mol. The van der Waals surface area contributed by atoms with E-state index in [1.807, 2.05) is 67.6 Å². The average molecular weight is 363 g/mol. The zero-order valence-corrected chi connectivity index (χ0v) is 15.4. The van der Waals surface area contributed by atoms with Crippen LogP contribution in [0, 0.1) is 5.82 Å². The summed E-state index contributed by atoms with van der Waals surface area (Å²) in [7, 11) is 1.42. The van der Waals surface area contributed by atoms with E-state index in [-0.39, 0.29) is 17.7 Å². The van der Waals surface area contributed by atoms with Crippen LogP contribution in [0.25, 0.3) is 0 Å². The Hall–Kier alpha value is -3.14. The first-order valence-electron chi connectivity index (χ1n) is 8.84. The fourth-order valence-electron chi connectivity index (χ4n) is 3.12. The van der Waals surface area contributed by atoms with Crippen LogP contribution < -0.4 is 10.1 Å². The lowest BCUT2D eigenvalue weighted by Crippen LogP contribution is -2.32. The molecule has 0 aliphatic heterocycles. The molecule has 0 spiro atoms. The second-order valence-corrected chi connectivity index (χ2v) is 6.38. The third kappa shape index (κ3) is 4.34. The smallest absolute Gasteiger partial charge is 0.232 e. The summed E-state index contributed by atoms with van der Waals surface area (Å²) in [6.45, 7) is 1.84. The zero-order chi connectivity index (χ0) is 19.2. The van der Waals surface area contributed by atoms with Gasteiger partial charge in [0, 0.05) is 0 Å². The number of carbonyl (C=O) groups excluding carboxylic acids is 1. The molecule has 3 aromatic rings. The van der Waals surface area contributed by atoms with Gasteiger partial charge in [-0.15, -0.1) is 0 Å².